The lowest BCUT2D eigenvalue weighted by molar-refractivity contribution is -0.137. The van der Waals surface area contributed by atoms with Crippen LogP contribution < -0.4 is 0 Å². The van der Waals surface area contributed by atoms with Crippen LogP contribution in [0.3, 0.4) is 0 Å². The van der Waals surface area contributed by atoms with Crippen LogP contribution in [-0.4, -0.2) is 5.78 Å². The Kier molecular flexibility index (Phi) is 5.80. The maximum absolute atomic E-state index is 14.0. The van der Waals surface area contributed by atoms with E-state index in [2.05, 4.69) is 31.2 Å². The van der Waals surface area contributed by atoms with E-state index in [1.165, 1.54) is 6.07 Å². The average molecular weight is 520 g/mol. The molecule has 0 bridgehead atoms. The lowest BCUT2D eigenvalue weighted by atomic mass is 9.64. The van der Waals surface area contributed by atoms with Crippen LogP contribution in [-0.2, 0) is 11.0 Å². The minimum absolute atomic E-state index is 0.118. The highest BCUT2D eigenvalue weighted by molar-refractivity contribution is 6.11. The average Bonchev–Trinajstić information content (AvgIpc) is 2.94. The molecule has 0 radical (unpaired) electrons. The van der Waals surface area contributed by atoms with Gasteiger partial charge in [-0.2, -0.15) is 18.4 Å². The van der Waals surface area contributed by atoms with Gasteiger partial charge in [0, 0.05) is 11.8 Å². The first kappa shape index (κ1) is 24.9. The summed E-state index contributed by atoms with van der Waals surface area (Å²) in [5.74, 6) is -1.75. The molecule has 0 heterocycles. The molecule has 0 N–H and O–H groups in total. The standard InChI is InChI=1S/C34H24F3NO/c1-19-16-29-27(26-9-4-3-8-25(19)26)14-15-28-31(23-6-5-7-24(17-23)34(35,36)37)33(39)20(2)30(32(28)29)22-12-10-21(18-38)11-13-22/h3-17,20,30-31H,1-2H3. The molecule has 1 aliphatic carbocycles. The zero-order valence-corrected chi connectivity index (χ0v) is 21.4. The fourth-order valence-electron chi connectivity index (χ4n) is 6.29. The van der Waals surface area contributed by atoms with Crippen LogP contribution in [0.15, 0.2) is 91.0 Å². The first-order chi connectivity index (χ1) is 18.7. The van der Waals surface area contributed by atoms with E-state index in [0.29, 0.717) is 11.1 Å². The van der Waals surface area contributed by atoms with Gasteiger partial charge in [-0.05, 0) is 74.5 Å². The highest BCUT2D eigenvalue weighted by atomic mass is 19.4. The SMILES string of the molecule is Cc1cc2c3c(ccc2c2ccccc12)C(c1cccc(C(F)(F)F)c1)C(=O)C(C)C3c1ccc(C#N)cc1. The van der Waals surface area contributed by atoms with Crippen LogP contribution in [0.25, 0.3) is 21.5 Å². The van der Waals surface area contributed by atoms with E-state index >= 15 is 0 Å². The van der Waals surface area contributed by atoms with Crippen molar-refractivity contribution >= 4 is 27.3 Å². The highest BCUT2D eigenvalue weighted by Gasteiger charge is 2.42. The number of hydrogen-bond donors (Lipinski definition) is 0. The summed E-state index contributed by atoms with van der Waals surface area (Å²) in [6.45, 7) is 3.92. The Bertz CT molecular complexity index is 1810. The van der Waals surface area contributed by atoms with Crippen molar-refractivity contribution in [1.82, 2.24) is 0 Å². The van der Waals surface area contributed by atoms with Crippen LogP contribution in [0.1, 0.15) is 57.7 Å². The number of carbonyl (C=O) groups is 1. The number of fused-ring (bicyclic) bond motifs is 5. The minimum atomic E-state index is -4.51. The van der Waals surface area contributed by atoms with E-state index in [4.69, 9.17) is 0 Å². The Morgan fingerprint density at radius 2 is 1.46 bits per heavy atom. The molecule has 39 heavy (non-hydrogen) atoms. The molecule has 0 aromatic heterocycles. The molecule has 0 saturated heterocycles. The number of benzene rings is 5. The smallest absolute Gasteiger partial charge is 0.298 e. The van der Waals surface area contributed by atoms with Crippen LogP contribution >= 0.6 is 0 Å². The second-order valence-corrected chi connectivity index (χ2v) is 10.4. The summed E-state index contributed by atoms with van der Waals surface area (Å²) in [5, 5.41) is 13.6. The lowest BCUT2D eigenvalue weighted by Crippen LogP contribution is -2.33. The van der Waals surface area contributed by atoms with Gasteiger partial charge in [-0.15, -0.1) is 0 Å². The predicted molar refractivity (Wildman–Crippen MR) is 147 cm³/mol. The number of nitrogens with zero attached hydrogens (tertiary/aromatic N) is 1. The fourth-order valence-corrected chi connectivity index (χ4v) is 6.29. The maximum atomic E-state index is 14.0. The number of Topliss-reactive ketones (excluding diaryl/α,β-unsaturated/α-hetero) is 1. The first-order valence-electron chi connectivity index (χ1n) is 12.8. The van der Waals surface area contributed by atoms with Gasteiger partial charge in [0.05, 0.1) is 23.1 Å². The zero-order chi connectivity index (χ0) is 27.5. The molecule has 5 aromatic rings. The van der Waals surface area contributed by atoms with Gasteiger partial charge >= 0.3 is 6.18 Å². The molecule has 5 heteroatoms. The summed E-state index contributed by atoms with van der Waals surface area (Å²) < 4.78 is 40.9. The monoisotopic (exact) mass is 519 g/mol. The summed E-state index contributed by atoms with van der Waals surface area (Å²) in [5.41, 5.74) is 3.78. The Labute approximate surface area is 224 Å². The molecule has 0 saturated carbocycles. The molecule has 0 spiro atoms. The topological polar surface area (TPSA) is 40.9 Å². The summed E-state index contributed by atoms with van der Waals surface area (Å²) in [7, 11) is 0. The van der Waals surface area contributed by atoms with E-state index in [9.17, 15) is 23.2 Å². The first-order valence-corrected chi connectivity index (χ1v) is 12.8. The van der Waals surface area contributed by atoms with Crippen molar-refractivity contribution < 1.29 is 18.0 Å². The summed E-state index contributed by atoms with van der Waals surface area (Å²) in [6, 6.07) is 28.8. The Hall–Kier alpha value is -4.43. The molecule has 1 aliphatic rings. The molecular formula is C34H24F3NO. The molecular weight excluding hydrogens is 495 g/mol. The van der Waals surface area contributed by atoms with Crippen molar-refractivity contribution in [2.24, 2.45) is 5.92 Å². The summed E-state index contributed by atoms with van der Waals surface area (Å²) in [4.78, 5) is 14.0. The third-order valence-corrected chi connectivity index (χ3v) is 8.13. The van der Waals surface area contributed by atoms with E-state index in [0.717, 1.165) is 55.9 Å². The van der Waals surface area contributed by atoms with Crippen molar-refractivity contribution in [2.45, 2.75) is 31.9 Å². The van der Waals surface area contributed by atoms with Crippen molar-refractivity contribution in [3.05, 3.63) is 130 Å². The van der Waals surface area contributed by atoms with Crippen LogP contribution in [0.4, 0.5) is 13.2 Å². The number of halogens is 3. The van der Waals surface area contributed by atoms with Crippen molar-refractivity contribution in [3.8, 4) is 6.07 Å². The van der Waals surface area contributed by atoms with Gasteiger partial charge in [0.2, 0.25) is 0 Å². The second-order valence-electron chi connectivity index (χ2n) is 10.4. The third kappa shape index (κ3) is 3.99. The molecule has 2 nitrogen and oxygen atoms in total. The molecule has 192 valence electrons. The highest BCUT2D eigenvalue weighted by Crippen LogP contribution is 2.50. The molecule has 0 amide bonds. The minimum Gasteiger partial charge on any atom is -0.298 e. The molecule has 0 fully saturated rings. The summed E-state index contributed by atoms with van der Waals surface area (Å²) >= 11 is 0. The normalized spacial score (nSPS) is 19.2. The summed E-state index contributed by atoms with van der Waals surface area (Å²) in [6.07, 6.45) is -4.51. The van der Waals surface area contributed by atoms with Gasteiger partial charge in [-0.25, -0.2) is 0 Å². The molecule has 6 rings (SSSR count). The van der Waals surface area contributed by atoms with Gasteiger partial charge in [-0.1, -0.05) is 79.7 Å². The Balaban J connectivity index is 1.68. The number of aryl methyl sites for hydroxylation is 1. The van der Waals surface area contributed by atoms with E-state index in [1.807, 2.05) is 43.3 Å². The van der Waals surface area contributed by atoms with Gasteiger partial charge in [0.1, 0.15) is 5.78 Å². The van der Waals surface area contributed by atoms with E-state index in [-0.39, 0.29) is 11.7 Å². The number of rotatable bonds is 2. The van der Waals surface area contributed by atoms with Gasteiger partial charge in [0.25, 0.3) is 0 Å². The van der Waals surface area contributed by atoms with Crippen molar-refractivity contribution in [1.29, 1.82) is 5.26 Å². The van der Waals surface area contributed by atoms with Crippen LogP contribution in [0.2, 0.25) is 0 Å². The number of carbonyl (C=O) groups excluding carboxylic acids is 1. The van der Waals surface area contributed by atoms with Gasteiger partial charge in [0.15, 0.2) is 0 Å². The Morgan fingerprint density at radius 3 is 2.15 bits per heavy atom. The molecule has 5 aromatic carbocycles. The van der Waals surface area contributed by atoms with Crippen molar-refractivity contribution in [3.63, 3.8) is 0 Å². The maximum Gasteiger partial charge on any atom is 0.416 e. The number of ketones is 1. The predicted octanol–water partition coefficient (Wildman–Crippen LogP) is 8.67. The zero-order valence-electron chi connectivity index (χ0n) is 21.4. The number of nitriles is 1. The number of alkyl halides is 3. The molecule has 0 aliphatic heterocycles. The van der Waals surface area contributed by atoms with Crippen LogP contribution in [0.5, 0.6) is 0 Å². The Morgan fingerprint density at radius 1 is 0.769 bits per heavy atom. The van der Waals surface area contributed by atoms with Gasteiger partial charge < -0.3 is 0 Å². The second kappa shape index (κ2) is 9.10. The quantitative estimate of drug-likeness (QED) is 0.219. The third-order valence-electron chi connectivity index (χ3n) is 8.13. The van der Waals surface area contributed by atoms with E-state index < -0.39 is 23.6 Å². The van der Waals surface area contributed by atoms with Crippen molar-refractivity contribution in [2.75, 3.05) is 0 Å². The van der Waals surface area contributed by atoms with Crippen LogP contribution in [0, 0.1) is 24.2 Å². The fraction of sp³-hybridized carbons (Fsp3) is 0.176. The lowest BCUT2D eigenvalue weighted by Gasteiger charge is -2.37. The number of hydrogen-bond acceptors (Lipinski definition) is 2. The van der Waals surface area contributed by atoms with Gasteiger partial charge in [-0.3, -0.25) is 4.79 Å². The van der Waals surface area contributed by atoms with E-state index in [1.54, 1.807) is 18.2 Å². The molecule has 3 atom stereocenters. The largest absolute Gasteiger partial charge is 0.416 e. The molecule has 3 unspecified atom stereocenters.